The molecule has 3 rings (SSSR count). The summed E-state index contributed by atoms with van der Waals surface area (Å²) in [5, 5.41) is 2.87. The van der Waals surface area contributed by atoms with Gasteiger partial charge in [-0.2, -0.15) is 0 Å². The van der Waals surface area contributed by atoms with Crippen LogP contribution in [0.4, 0.5) is 5.69 Å². The number of carbonyl (C=O) groups excluding carboxylic acids is 2. The molecular weight excluding hydrogens is 364 g/mol. The highest BCUT2D eigenvalue weighted by Gasteiger charge is 2.15. The van der Waals surface area contributed by atoms with Crippen molar-refractivity contribution in [1.29, 1.82) is 0 Å². The van der Waals surface area contributed by atoms with E-state index in [0.29, 0.717) is 23.4 Å². The fourth-order valence-electron chi connectivity index (χ4n) is 3.07. The fourth-order valence-corrected chi connectivity index (χ4v) is 3.07. The molecule has 0 heterocycles. The Morgan fingerprint density at radius 3 is 2.24 bits per heavy atom. The number of ketones is 1. The molecule has 0 fully saturated rings. The van der Waals surface area contributed by atoms with Gasteiger partial charge in [0.05, 0.1) is 19.3 Å². The van der Waals surface area contributed by atoms with Gasteiger partial charge in [0.1, 0.15) is 5.75 Å². The highest BCUT2D eigenvalue weighted by atomic mass is 16.5. The van der Waals surface area contributed by atoms with Crippen molar-refractivity contribution in [3.05, 3.63) is 95.6 Å². The molecule has 5 nitrogen and oxygen atoms in total. The second kappa shape index (κ2) is 9.66. The van der Waals surface area contributed by atoms with Crippen LogP contribution in [0.5, 0.6) is 5.75 Å². The van der Waals surface area contributed by atoms with Gasteiger partial charge in [-0.15, -0.1) is 0 Å². The highest BCUT2D eigenvalue weighted by molar-refractivity contribution is 6.13. The van der Waals surface area contributed by atoms with Crippen LogP contribution in [0.1, 0.15) is 21.5 Å². The lowest BCUT2D eigenvalue weighted by molar-refractivity contribution is -0.117. The number of benzene rings is 3. The summed E-state index contributed by atoms with van der Waals surface area (Å²) < 4.78 is 5.16. The van der Waals surface area contributed by atoms with Gasteiger partial charge in [0.25, 0.3) is 0 Å². The maximum Gasteiger partial charge on any atom is 0.238 e. The second-order valence-electron chi connectivity index (χ2n) is 6.81. The van der Waals surface area contributed by atoms with Gasteiger partial charge in [0.15, 0.2) is 5.78 Å². The standard InChI is InChI=1S/C24H24N2O3/c1-26(16-18-12-14-20(29-2)15-13-18)17-23(27)25-22-11-7-6-10-21(22)24(28)19-8-4-3-5-9-19/h3-15H,16-17H2,1-2H3,(H,25,27). The first-order valence-corrected chi connectivity index (χ1v) is 9.37. The zero-order valence-corrected chi connectivity index (χ0v) is 16.6. The summed E-state index contributed by atoms with van der Waals surface area (Å²) in [4.78, 5) is 27.2. The minimum atomic E-state index is -0.172. The highest BCUT2D eigenvalue weighted by Crippen LogP contribution is 2.19. The van der Waals surface area contributed by atoms with Gasteiger partial charge >= 0.3 is 0 Å². The molecule has 0 bridgehead atoms. The maximum absolute atomic E-state index is 12.8. The molecule has 5 heteroatoms. The lowest BCUT2D eigenvalue weighted by Gasteiger charge is -2.17. The van der Waals surface area contributed by atoms with Crippen LogP contribution in [0.2, 0.25) is 0 Å². The number of methoxy groups -OCH3 is 1. The Hall–Kier alpha value is -3.44. The van der Waals surface area contributed by atoms with E-state index in [1.807, 2.05) is 54.4 Å². The molecule has 1 N–H and O–H groups in total. The Morgan fingerprint density at radius 2 is 1.55 bits per heavy atom. The zero-order chi connectivity index (χ0) is 20.6. The topological polar surface area (TPSA) is 58.6 Å². The first kappa shape index (κ1) is 20.3. The van der Waals surface area contributed by atoms with Crippen LogP contribution in [0.25, 0.3) is 0 Å². The number of ether oxygens (including phenoxy) is 1. The Kier molecular flexibility index (Phi) is 6.76. The van der Waals surface area contributed by atoms with E-state index >= 15 is 0 Å². The summed E-state index contributed by atoms with van der Waals surface area (Å²) >= 11 is 0. The molecule has 0 aromatic heterocycles. The van der Waals surface area contributed by atoms with E-state index in [2.05, 4.69) is 5.32 Å². The van der Waals surface area contributed by atoms with Crippen molar-refractivity contribution < 1.29 is 14.3 Å². The molecule has 0 atom stereocenters. The molecule has 0 unspecified atom stereocenters. The van der Waals surface area contributed by atoms with Crippen LogP contribution in [0.3, 0.4) is 0 Å². The Morgan fingerprint density at radius 1 is 0.897 bits per heavy atom. The van der Waals surface area contributed by atoms with Gasteiger partial charge in [-0.05, 0) is 36.9 Å². The number of hydrogen-bond donors (Lipinski definition) is 1. The monoisotopic (exact) mass is 388 g/mol. The van der Waals surface area contributed by atoms with E-state index in [1.165, 1.54) is 0 Å². The number of nitrogens with zero attached hydrogens (tertiary/aromatic N) is 1. The average molecular weight is 388 g/mol. The van der Waals surface area contributed by atoms with Crippen molar-refractivity contribution in [2.45, 2.75) is 6.54 Å². The number of hydrogen-bond acceptors (Lipinski definition) is 4. The van der Waals surface area contributed by atoms with Crippen molar-refractivity contribution in [2.75, 3.05) is 26.0 Å². The lowest BCUT2D eigenvalue weighted by Crippen LogP contribution is -2.30. The number of rotatable bonds is 8. The lowest BCUT2D eigenvalue weighted by atomic mass is 10.0. The van der Waals surface area contributed by atoms with Crippen molar-refractivity contribution in [1.82, 2.24) is 4.90 Å². The zero-order valence-electron chi connectivity index (χ0n) is 16.6. The van der Waals surface area contributed by atoms with Crippen molar-refractivity contribution >= 4 is 17.4 Å². The molecule has 0 saturated heterocycles. The summed E-state index contributed by atoms with van der Waals surface area (Å²) in [5.41, 5.74) is 2.67. The number of para-hydroxylation sites is 1. The third-order valence-corrected chi connectivity index (χ3v) is 4.51. The minimum absolute atomic E-state index is 0.118. The quantitative estimate of drug-likeness (QED) is 0.593. The third kappa shape index (κ3) is 5.53. The number of amides is 1. The molecule has 0 spiro atoms. The molecule has 3 aromatic rings. The van der Waals surface area contributed by atoms with Gasteiger partial charge in [0.2, 0.25) is 5.91 Å². The van der Waals surface area contributed by atoms with Crippen LogP contribution in [-0.2, 0) is 11.3 Å². The van der Waals surface area contributed by atoms with Crippen LogP contribution in [0, 0.1) is 0 Å². The summed E-state index contributed by atoms with van der Waals surface area (Å²) in [7, 11) is 3.51. The van der Waals surface area contributed by atoms with Gasteiger partial charge in [-0.25, -0.2) is 0 Å². The Bertz CT molecular complexity index is 969. The molecule has 0 aliphatic rings. The summed E-state index contributed by atoms with van der Waals surface area (Å²) in [6.45, 7) is 0.835. The van der Waals surface area contributed by atoms with E-state index in [9.17, 15) is 9.59 Å². The Labute approximate surface area is 170 Å². The number of anilines is 1. The minimum Gasteiger partial charge on any atom is -0.497 e. The van der Waals surface area contributed by atoms with Gasteiger partial charge in [-0.3, -0.25) is 14.5 Å². The van der Waals surface area contributed by atoms with Crippen molar-refractivity contribution in [2.24, 2.45) is 0 Å². The molecule has 0 aliphatic carbocycles. The predicted molar refractivity (Wildman–Crippen MR) is 114 cm³/mol. The summed E-state index contributed by atoms with van der Waals surface area (Å²) in [6.07, 6.45) is 0. The average Bonchev–Trinajstić information content (AvgIpc) is 2.74. The van der Waals surface area contributed by atoms with Crippen LogP contribution in [-0.4, -0.2) is 37.3 Å². The van der Waals surface area contributed by atoms with E-state index in [-0.39, 0.29) is 18.2 Å². The predicted octanol–water partition coefficient (Wildman–Crippen LogP) is 4.00. The van der Waals surface area contributed by atoms with E-state index in [0.717, 1.165) is 11.3 Å². The molecule has 0 aliphatic heterocycles. The smallest absolute Gasteiger partial charge is 0.238 e. The number of nitrogens with one attached hydrogen (secondary N) is 1. The summed E-state index contributed by atoms with van der Waals surface area (Å²) in [5.74, 6) is 0.510. The third-order valence-electron chi connectivity index (χ3n) is 4.51. The second-order valence-corrected chi connectivity index (χ2v) is 6.81. The molecule has 29 heavy (non-hydrogen) atoms. The van der Waals surface area contributed by atoms with Gasteiger partial charge < -0.3 is 10.1 Å². The van der Waals surface area contributed by atoms with Gasteiger partial charge in [0, 0.05) is 17.7 Å². The van der Waals surface area contributed by atoms with E-state index in [4.69, 9.17) is 4.74 Å². The van der Waals surface area contributed by atoms with Crippen LogP contribution in [0.15, 0.2) is 78.9 Å². The number of likely N-dealkylation sites (N-methyl/N-ethyl adjacent to an activating group) is 1. The SMILES string of the molecule is COc1ccc(CN(C)CC(=O)Nc2ccccc2C(=O)c2ccccc2)cc1. The van der Waals surface area contributed by atoms with Crippen LogP contribution >= 0.6 is 0 Å². The molecule has 3 aromatic carbocycles. The molecule has 148 valence electrons. The molecule has 0 saturated carbocycles. The largest absolute Gasteiger partial charge is 0.497 e. The van der Waals surface area contributed by atoms with E-state index in [1.54, 1.807) is 43.5 Å². The Balaban J connectivity index is 1.64. The summed E-state index contributed by atoms with van der Waals surface area (Å²) in [6, 6.07) is 23.9. The molecule has 0 radical (unpaired) electrons. The van der Waals surface area contributed by atoms with Crippen LogP contribution < -0.4 is 10.1 Å². The maximum atomic E-state index is 12.8. The first-order chi connectivity index (χ1) is 14.1. The molecule has 1 amide bonds. The molecular formula is C24H24N2O3. The normalized spacial score (nSPS) is 10.6. The fraction of sp³-hybridized carbons (Fsp3) is 0.167. The van der Waals surface area contributed by atoms with Crippen molar-refractivity contribution in [3.63, 3.8) is 0 Å². The van der Waals surface area contributed by atoms with Crippen molar-refractivity contribution in [3.8, 4) is 5.75 Å². The van der Waals surface area contributed by atoms with E-state index < -0.39 is 0 Å². The van der Waals surface area contributed by atoms with Gasteiger partial charge in [-0.1, -0.05) is 54.6 Å². The first-order valence-electron chi connectivity index (χ1n) is 9.37. The number of carbonyl (C=O) groups is 2.